The molecule has 0 saturated heterocycles. The lowest BCUT2D eigenvalue weighted by atomic mass is 9.74. The predicted molar refractivity (Wildman–Crippen MR) is 72.3 cm³/mol. The monoisotopic (exact) mass is 223 g/mol. The topological polar surface area (TPSA) is 26.0 Å². The largest absolute Gasteiger partial charge is 0.327 e. The number of rotatable bonds is 5. The Morgan fingerprint density at radius 3 is 2.12 bits per heavy atom. The summed E-state index contributed by atoms with van der Waals surface area (Å²) < 4.78 is 0. The van der Waals surface area contributed by atoms with Crippen LogP contribution in [-0.4, -0.2) is 6.04 Å². The van der Waals surface area contributed by atoms with Crippen molar-refractivity contribution in [1.82, 2.24) is 0 Å². The minimum absolute atomic E-state index is 0.407. The molecule has 0 aromatic carbocycles. The van der Waals surface area contributed by atoms with Crippen molar-refractivity contribution in [2.24, 2.45) is 23.5 Å². The van der Waals surface area contributed by atoms with E-state index in [1.807, 2.05) is 0 Å². The Morgan fingerprint density at radius 2 is 1.69 bits per heavy atom. The second-order valence-electron chi connectivity index (χ2n) is 6.08. The molecule has 0 amide bonds. The van der Waals surface area contributed by atoms with E-state index in [4.69, 9.17) is 5.73 Å². The van der Waals surface area contributed by atoms with Crippen molar-refractivity contribution in [3.8, 4) is 0 Å². The van der Waals surface area contributed by atoms with Crippen LogP contribution >= 0.6 is 0 Å². The van der Waals surface area contributed by atoms with Crippen LogP contribution < -0.4 is 5.73 Å². The van der Waals surface area contributed by atoms with Gasteiger partial charge >= 0.3 is 0 Å². The summed E-state index contributed by atoms with van der Waals surface area (Å²) in [7, 11) is 0. The zero-order chi connectivity index (χ0) is 12.1. The molecule has 1 nitrogen and oxygen atoms in total. The minimum Gasteiger partial charge on any atom is -0.327 e. The molecule has 0 aromatic rings. The van der Waals surface area contributed by atoms with Gasteiger partial charge in [0.25, 0.3) is 0 Å². The molecule has 94 valence electrons. The van der Waals surface area contributed by atoms with Gasteiger partial charge in [-0.2, -0.15) is 0 Å². The summed E-state index contributed by atoms with van der Waals surface area (Å²) in [6, 6.07) is 0.407. The average Bonchev–Trinajstić information content (AvgIpc) is 2.26. The first kappa shape index (κ1) is 13.8. The fraction of sp³-hybridized carbons (Fsp3) is 0.867. The highest BCUT2D eigenvalue weighted by atomic mass is 14.6. The molecule has 16 heavy (non-hydrogen) atoms. The van der Waals surface area contributed by atoms with Crippen LogP contribution in [0.4, 0.5) is 0 Å². The highest BCUT2D eigenvalue weighted by Gasteiger charge is 2.26. The van der Waals surface area contributed by atoms with E-state index in [9.17, 15) is 0 Å². The number of nitrogens with two attached hydrogens (primary N) is 1. The van der Waals surface area contributed by atoms with Crippen molar-refractivity contribution in [3.63, 3.8) is 0 Å². The van der Waals surface area contributed by atoms with E-state index in [2.05, 4.69) is 27.4 Å². The molecular formula is C15H29N. The summed E-state index contributed by atoms with van der Waals surface area (Å²) in [4.78, 5) is 0. The summed E-state index contributed by atoms with van der Waals surface area (Å²) in [6.07, 6.45) is 7.71. The molecule has 1 heteroatoms. The quantitative estimate of drug-likeness (QED) is 0.697. The second-order valence-corrected chi connectivity index (χ2v) is 6.08. The number of allylic oxidation sites excluding steroid dienone is 1. The highest BCUT2D eigenvalue weighted by molar-refractivity contribution is 4.90. The lowest BCUT2D eigenvalue weighted by Crippen LogP contribution is -2.33. The third kappa shape index (κ3) is 4.29. The van der Waals surface area contributed by atoms with Crippen LogP contribution in [0.3, 0.4) is 0 Å². The van der Waals surface area contributed by atoms with E-state index in [1.165, 1.54) is 31.3 Å². The van der Waals surface area contributed by atoms with Gasteiger partial charge in [-0.05, 0) is 63.2 Å². The smallest absolute Gasteiger partial charge is 0.00702 e. The fourth-order valence-corrected chi connectivity index (χ4v) is 2.89. The average molecular weight is 223 g/mol. The maximum Gasteiger partial charge on any atom is 0.00702 e. The molecule has 1 aliphatic carbocycles. The molecule has 1 saturated carbocycles. The summed E-state index contributed by atoms with van der Waals surface area (Å²) in [6.45, 7) is 10.8. The van der Waals surface area contributed by atoms with Crippen LogP contribution in [0.1, 0.15) is 59.3 Å². The summed E-state index contributed by atoms with van der Waals surface area (Å²) >= 11 is 0. The van der Waals surface area contributed by atoms with E-state index in [0.29, 0.717) is 6.04 Å². The van der Waals surface area contributed by atoms with E-state index < -0.39 is 0 Å². The van der Waals surface area contributed by atoms with Gasteiger partial charge in [-0.3, -0.25) is 0 Å². The summed E-state index contributed by atoms with van der Waals surface area (Å²) in [5, 5.41) is 0. The van der Waals surface area contributed by atoms with E-state index in [0.717, 1.165) is 30.6 Å². The number of hydrogen-bond acceptors (Lipinski definition) is 1. The minimum atomic E-state index is 0.407. The van der Waals surface area contributed by atoms with Gasteiger partial charge in [-0.15, -0.1) is 6.58 Å². The highest BCUT2D eigenvalue weighted by Crippen LogP contribution is 2.35. The Balaban J connectivity index is 2.27. The van der Waals surface area contributed by atoms with Gasteiger partial charge < -0.3 is 5.73 Å². The van der Waals surface area contributed by atoms with Crippen LogP contribution in [-0.2, 0) is 0 Å². The molecule has 0 radical (unpaired) electrons. The molecular weight excluding hydrogens is 194 g/mol. The van der Waals surface area contributed by atoms with Crippen molar-refractivity contribution >= 4 is 0 Å². The van der Waals surface area contributed by atoms with Crippen LogP contribution in [0.25, 0.3) is 0 Å². The van der Waals surface area contributed by atoms with Crippen molar-refractivity contribution in [3.05, 3.63) is 12.2 Å². The zero-order valence-electron chi connectivity index (χ0n) is 11.3. The van der Waals surface area contributed by atoms with Crippen LogP contribution in [0.5, 0.6) is 0 Å². The summed E-state index contributed by atoms with van der Waals surface area (Å²) in [5.41, 5.74) is 7.55. The third-order valence-corrected chi connectivity index (χ3v) is 4.27. The Labute approximate surface area is 101 Å². The SMILES string of the molecule is C=C(C)CCC(N)C1CCC(C(C)C)CC1. The first-order valence-electron chi connectivity index (χ1n) is 6.90. The molecule has 2 N–H and O–H groups in total. The fourth-order valence-electron chi connectivity index (χ4n) is 2.89. The number of hydrogen-bond donors (Lipinski definition) is 1. The second kappa shape index (κ2) is 6.44. The first-order chi connectivity index (χ1) is 7.50. The maximum absolute atomic E-state index is 6.28. The predicted octanol–water partition coefficient (Wildman–Crippen LogP) is 4.13. The standard InChI is InChI=1S/C15H29N/c1-11(2)5-10-15(16)14-8-6-13(7-9-14)12(3)4/h12-15H,1,5-10,16H2,2-4H3. The van der Waals surface area contributed by atoms with Crippen LogP contribution in [0.15, 0.2) is 12.2 Å². The van der Waals surface area contributed by atoms with E-state index in [1.54, 1.807) is 0 Å². The Bertz CT molecular complexity index is 211. The van der Waals surface area contributed by atoms with Gasteiger partial charge in [0.1, 0.15) is 0 Å². The molecule has 1 unspecified atom stereocenters. The van der Waals surface area contributed by atoms with Gasteiger partial charge in [0.15, 0.2) is 0 Å². The zero-order valence-corrected chi connectivity index (χ0v) is 11.3. The van der Waals surface area contributed by atoms with Gasteiger partial charge in [0, 0.05) is 6.04 Å². The molecule has 0 aromatic heterocycles. The normalized spacial score (nSPS) is 28.1. The molecule has 1 fully saturated rings. The third-order valence-electron chi connectivity index (χ3n) is 4.27. The van der Waals surface area contributed by atoms with E-state index >= 15 is 0 Å². The van der Waals surface area contributed by atoms with Gasteiger partial charge in [0.2, 0.25) is 0 Å². The Hall–Kier alpha value is -0.300. The van der Waals surface area contributed by atoms with Crippen molar-refractivity contribution in [2.75, 3.05) is 0 Å². The van der Waals surface area contributed by atoms with Crippen LogP contribution in [0.2, 0.25) is 0 Å². The first-order valence-corrected chi connectivity index (χ1v) is 6.90. The lowest BCUT2D eigenvalue weighted by Gasteiger charge is -2.34. The Kier molecular flexibility index (Phi) is 5.54. The van der Waals surface area contributed by atoms with Crippen molar-refractivity contribution in [2.45, 2.75) is 65.3 Å². The maximum atomic E-state index is 6.28. The van der Waals surface area contributed by atoms with E-state index in [-0.39, 0.29) is 0 Å². The molecule has 1 rings (SSSR count). The van der Waals surface area contributed by atoms with Crippen molar-refractivity contribution in [1.29, 1.82) is 0 Å². The Morgan fingerprint density at radius 1 is 1.19 bits per heavy atom. The summed E-state index contributed by atoms with van der Waals surface area (Å²) in [5.74, 6) is 2.58. The molecule has 0 bridgehead atoms. The van der Waals surface area contributed by atoms with Crippen LogP contribution in [0, 0.1) is 17.8 Å². The van der Waals surface area contributed by atoms with Gasteiger partial charge in [0.05, 0.1) is 0 Å². The van der Waals surface area contributed by atoms with Crippen molar-refractivity contribution < 1.29 is 0 Å². The lowest BCUT2D eigenvalue weighted by molar-refractivity contribution is 0.199. The molecule has 0 spiro atoms. The molecule has 0 heterocycles. The molecule has 1 aliphatic rings. The molecule has 0 aliphatic heterocycles. The van der Waals surface area contributed by atoms with Gasteiger partial charge in [-0.25, -0.2) is 0 Å². The van der Waals surface area contributed by atoms with Gasteiger partial charge in [-0.1, -0.05) is 19.4 Å². The molecule has 1 atom stereocenters.